The number of para-hydroxylation sites is 1. The van der Waals surface area contributed by atoms with E-state index in [1.165, 1.54) is 17.0 Å². The molecule has 0 aliphatic carbocycles. The summed E-state index contributed by atoms with van der Waals surface area (Å²) in [6.07, 6.45) is 2.97. The van der Waals surface area contributed by atoms with Crippen LogP contribution in [0.4, 0.5) is 5.69 Å². The number of piperazine rings is 1. The first-order valence-electron chi connectivity index (χ1n) is 9.93. The number of nitrogens with zero attached hydrogens (tertiary/aromatic N) is 4. The molecule has 6 nitrogen and oxygen atoms in total. The van der Waals surface area contributed by atoms with Crippen molar-refractivity contribution in [1.29, 1.82) is 0 Å². The fourth-order valence-corrected chi connectivity index (χ4v) is 5.54. The highest BCUT2D eigenvalue weighted by molar-refractivity contribution is 7.21. The summed E-state index contributed by atoms with van der Waals surface area (Å²) in [4.78, 5) is 24.6. The Hall–Kier alpha value is -2.42. The second-order valence-corrected chi connectivity index (χ2v) is 9.15. The zero-order valence-electron chi connectivity index (χ0n) is 16.1. The number of hydrogen-bond acceptors (Lipinski definition) is 6. The van der Waals surface area contributed by atoms with Crippen molar-refractivity contribution in [2.24, 2.45) is 0 Å². The van der Waals surface area contributed by atoms with Crippen LogP contribution in [-0.2, 0) is 0 Å². The van der Waals surface area contributed by atoms with Crippen LogP contribution in [0.2, 0.25) is 0 Å². The fourth-order valence-electron chi connectivity index (χ4n) is 3.82. The van der Waals surface area contributed by atoms with Crippen LogP contribution >= 0.6 is 22.7 Å². The standard InChI is InChI=1S/C21H23N5OS2/c27-19(18-15-17-20(29-18)23-21-26(17)13-14-28-21)22-7-4-8-24-9-11-25(12-10-24)16-5-2-1-3-6-16/h1-3,5-6,13-15H,4,7-12H2,(H,22,27). The van der Waals surface area contributed by atoms with Crippen LogP contribution in [0.1, 0.15) is 16.1 Å². The van der Waals surface area contributed by atoms with Gasteiger partial charge in [-0.1, -0.05) is 18.2 Å². The molecule has 0 unspecified atom stereocenters. The fraction of sp³-hybridized carbons (Fsp3) is 0.333. The predicted octanol–water partition coefficient (Wildman–Crippen LogP) is 3.55. The van der Waals surface area contributed by atoms with Gasteiger partial charge in [0.05, 0.1) is 10.4 Å². The Morgan fingerprint density at radius 2 is 1.97 bits per heavy atom. The number of carbonyl (C=O) groups excluding carboxylic acids is 1. The van der Waals surface area contributed by atoms with Crippen molar-refractivity contribution in [3.8, 4) is 0 Å². The maximum Gasteiger partial charge on any atom is 0.261 e. The molecule has 0 saturated carbocycles. The van der Waals surface area contributed by atoms with Crippen LogP contribution in [0.5, 0.6) is 0 Å². The van der Waals surface area contributed by atoms with Crippen molar-refractivity contribution in [1.82, 2.24) is 19.6 Å². The van der Waals surface area contributed by atoms with Crippen molar-refractivity contribution >= 4 is 49.6 Å². The van der Waals surface area contributed by atoms with Crippen LogP contribution in [0.25, 0.3) is 15.3 Å². The number of amides is 1. The van der Waals surface area contributed by atoms with E-state index in [0.29, 0.717) is 6.54 Å². The molecule has 150 valence electrons. The maximum atomic E-state index is 12.5. The Kier molecular flexibility index (Phi) is 5.22. The number of aromatic nitrogens is 2. The molecule has 1 amide bonds. The number of rotatable bonds is 6. The monoisotopic (exact) mass is 425 g/mol. The van der Waals surface area contributed by atoms with Crippen molar-refractivity contribution in [3.63, 3.8) is 0 Å². The Bertz CT molecular complexity index is 1110. The van der Waals surface area contributed by atoms with E-state index in [0.717, 1.165) is 59.3 Å². The Labute approximate surface area is 177 Å². The summed E-state index contributed by atoms with van der Waals surface area (Å²) in [7, 11) is 0. The number of carbonyl (C=O) groups is 1. The molecule has 0 radical (unpaired) electrons. The van der Waals surface area contributed by atoms with E-state index in [1.54, 1.807) is 11.3 Å². The number of anilines is 1. The quantitative estimate of drug-likeness (QED) is 0.480. The van der Waals surface area contributed by atoms with E-state index >= 15 is 0 Å². The Morgan fingerprint density at radius 3 is 2.79 bits per heavy atom. The highest BCUT2D eigenvalue weighted by atomic mass is 32.1. The topological polar surface area (TPSA) is 52.9 Å². The molecule has 0 spiro atoms. The lowest BCUT2D eigenvalue weighted by Crippen LogP contribution is -2.47. The summed E-state index contributed by atoms with van der Waals surface area (Å²) >= 11 is 3.08. The minimum Gasteiger partial charge on any atom is -0.369 e. The van der Waals surface area contributed by atoms with Crippen LogP contribution in [-0.4, -0.2) is 59.5 Å². The first kappa shape index (κ1) is 18.6. The van der Waals surface area contributed by atoms with Gasteiger partial charge in [0.15, 0.2) is 4.96 Å². The molecule has 3 aromatic heterocycles. The Morgan fingerprint density at radius 1 is 1.14 bits per heavy atom. The third-order valence-electron chi connectivity index (χ3n) is 5.39. The summed E-state index contributed by atoms with van der Waals surface area (Å²) < 4.78 is 2.04. The summed E-state index contributed by atoms with van der Waals surface area (Å²) in [5.41, 5.74) is 2.33. The molecule has 1 aliphatic rings. The smallest absolute Gasteiger partial charge is 0.261 e. The minimum absolute atomic E-state index is 0.00544. The van der Waals surface area contributed by atoms with E-state index in [1.807, 2.05) is 22.0 Å². The van der Waals surface area contributed by atoms with E-state index in [9.17, 15) is 4.79 Å². The number of thiophene rings is 1. The summed E-state index contributed by atoms with van der Waals surface area (Å²) in [6.45, 7) is 5.98. The molecule has 1 aromatic carbocycles. The zero-order valence-corrected chi connectivity index (χ0v) is 17.7. The second-order valence-electron chi connectivity index (χ2n) is 7.24. The average molecular weight is 426 g/mol. The molecule has 0 bridgehead atoms. The molecule has 29 heavy (non-hydrogen) atoms. The lowest BCUT2D eigenvalue weighted by Gasteiger charge is -2.36. The van der Waals surface area contributed by atoms with Crippen LogP contribution in [0.15, 0.2) is 48.0 Å². The molecular formula is C21H23N5OS2. The van der Waals surface area contributed by atoms with Gasteiger partial charge in [-0.15, -0.1) is 22.7 Å². The highest BCUT2D eigenvalue weighted by Crippen LogP contribution is 2.28. The third kappa shape index (κ3) is 3.88. The normalized spacial score (nSPS) is 15.4. The lowest BCUT2D eigenvalue weighted by molar-refractivity contribution is 0.0955. The van der Waals surface area contributed by atoms with Crippen molar-refractivity contribution in [2.75, 3.05) is 44.2 Å². The van der Waals surface area contributed by atoms with Gasteiger partial charge < -0.3 is 10.2 Å². The average Bonchev–Trinajstić information content (AvgIpc) is 3.45. The summed E-state index contributed by atoms with van der Waals surface area (Å²) in [6, 6.07) is 12.6. The van der Waals surface area contributed by atoms with Crippen molar-refractivity contribution < 1.29 is 4.79 Å². The van der Waals surface area contributed by atoms with Gasteiger partial charge in [-0.05, 0) is 31.2 Å². The van der Waals surface area contributed by atoms with Crippen LogP contribution in [0, 0.1) is 0 Å². The molecule has 5 rings (SSSR count). The van der Waals surface area contributed by atoms with E-state index < -0.39 is 0 Å². The van der Waals surface area contributed by atoms with Gasteiger partial charge in [0.2, 0.25) is 0 Å². The molecule has 1 saturated heterocycles. The molecular weight excluding hydrogens is 402 g/mol. The summed E-state index contributed by atoms with van der Waals surface area (Å²) in [5.74, 6) is 0.00544. The van der Waals surface area contributed by atoms with Gasteiger partial charge in [0.25, 0.3) is 5.91 Å². The first-order chi connectivity index (χ1) is 14.3. The molecule has 1 fully saturated rings. The predicted molar refractivity (Wildman–Crippen MR) is 120 cm³/mol. The van der Waals surface area contributed by atoms with Crippen molar-refractivity contribution in [2.45, 2.75) is 6.42 Å². The first-order valence-corrected chi connectivity index (χ1v) is 11.6. The number of hydrogen-bond donors (Lipinski definition) is 1. The Balaban J connectivity index is 1.07. The number of fused-ring (bicyclic) bond motifs is 3. The number of nitrogens with one attached hydrogen (secondary N) is 1. The largest absolute Gasteiger partial charge is 0.369 e. The maximum absolute atomic E-state index is 12.5. The second kappa shape index (κ2) is 8.14. The van der Waals surface area contributed by atoms with E-state index in [4.69, 9.17) is 0 Å². The van der Waals surface area contributed by atoms with Gasteiger partial charge >= 0.3 is 0 Å². The molecule has 8 heteroatoms. The van der Waals surface area contributed by atoms with Gasteiger partial charge in [-0.2, -0.15) is 0 Å². The zero-order chi connectivity index (χ0) is 19.6. The third-order valence-corrected chi connectivity index (χ3v) is 7.17. The molecule has 1 N–H and O–H groups in total. The minimum atomic E-state index is 0.00544. The lowest BCUT2D eigenvalue weighted by atomic mass is 10.2. The SMILES string of the molecule is O=C(NCCCN1CCN(c2ccccc2)CC1)c1cc2c(nc3sccn32)s1. The molecule has 4 aromatic rings. The molecule has 0 atom stereocenters. The molecule has 4 heterocycles. The van der Waals surface area contributed by atoms with Gasteiger partial charge in [-0.25, -0.2) is 4.98 Å². The summed E-state index contributed by atoms with van der Waals surface area (Å²) in [5, 5.41) is 5.08. The van der Waals surface area contributed by atoms with Crippen LogP contribution < -0.4 is 10.2 Å². The highest BCUT2D eigenvalue weighted by Gasteiger charge is 2.17. The van der Waals surface area contributed by atoms with Crippen molar-refractivity contribution in [3.05, 3.63) is 52.9 Å². The van der Waals surface area contributed by atoms with E-state index in [2.05, 4.69) is 50.4 Å². The number of benzene rings is 1. The van der Waals surface area contributed by atoms with Crippen LogP contribution in [0.3, 0.4) is 0 Å². The van der Waals surface area contributed by atoms with Gasteiger partial charge in [0, 0.05) is 50.0 Å². The number of imidazole rings is 1. The van der Waals surface area contributed by atoms with E-state index in [-0.39, 0.29) is 5.91 Å². The number of thiazole rings is 1. The van der Waals surface area contributed by atoms with Gasteiger partial charge in [0.1, 0.15) is 4.83 Å². The van der Waals surface area contributed by atoms with Gasteiger partial charge in [-0.3, -0.25) is 14.1 Å². The molecule has 1 aliphatic heterocycles.